The van der Waals surface area contributed by atoms with E-state index in [9.17, 15) is 4.39 Å². The van der Waals surface area contributed by atoms with Crippen molar-refractivity contribution in [2.24, 2.45) is 0 Å². The molecule has 0 aliphatic heterocycles. The number of hydrogen-bond acceptors (Lipinski definition) is 1. The zero-order valence-electron chi connectivity index (χ0n) is 10.6. The van der Waals surface area contributed by atoms with Crippen molar-refractivity contribution in [2.75, 3.05) is 5.32 Å². The molecular formula is C16H18FN. The van der Waals surface area contributed by atoms with Gasteiger partial charge in [0.15, 0.2) is 0 Å². The molecule has 2 heteroatoms. The highest BCUT2D eigenvalue weighted by Crippen LogP contribution is 2.14. The number of rotatable bonds is 5. The number of halogens is 1. The number of nitrogens with one attached hydrogen (secondary N) is 1. The quantitative estimate of drug-likeness (QED) is 0.827. The molecule has 2 aromatic rings. The average molecular weight is 243 g/mol. The Morgan fingerprint density at radius 1 is 1.06 bits per heavy atom. The van der Waals surface area contributed by atoms with Crippen LogP contribution in [-0.4, -0.2) is 6.04 Å². The summed E-state index contributed by atoms with van der Waals surface area (Å²) in [6, 6.07) is 17.3. The van der Waals surface area contributed by atoms with Crippen molar-refractivity contribution in [3.63, 3.8) is 0 Å². The fourth-order valence-corrected chi connectivity index (χ4v) is 2.01. The molecule has 1 unspecified atom stereocenters. The van der Waals surface area contributed by atoms with Crippen molar-refractivity contribution in [1.82, 2.24) is 0 Å². The van der Waals surface area contributed by atoms with Crippen molar-refractivity contribution in [3.05, 3.63) is 66.0 Å². The standard InChI is InChI=1S/C16H18FN/c1-2-15(11-13-7-4-3-5-8-13)18-16-10-6-9-14(17)12-16/h3-10,12,15,18H,2,11H2,1H3. The Kier molecular flexibility index (Phi) is 4.35. The molecular weight excluding hydrogens is 225 g/mol. The lowest BCUT2D eigenvalue weighted by Gasteiger charge is -2.18. The molecule has 0 aliphatic rings. The van der Waals surface area contributed by atoms with Gasteiger partial charge in [0.1, 0.15) is 5.82 Å². The topological polar surface area (TPSA) is 12.0 Å². The van der Waals surface area contributed by atoms with E-state index in [1.807, 2.05) is 24.3 Å². The van der Waals surface area contributed by atoms with Crippen LogP contribution < -0.4 is 5.32 Å². The zero-order chi connectivity index (χ0) is 12.8. The summed E-state index contributed by atoms with van der Waals surface area (Å²) in [5, 5.41) is 3.38. The van der Waals surface area contributed by atoms with E-state index in [4.69, 9.17) is 0 Å². The van der Waals surface area contributed by atoms with Crippen LogP contribution >= 0.6 is 0 Å². The second kappa shape index (κ2) is 6.20. The van der Waals surface area contributed by atoms with Gasteiger partial charge in [-0.3, -0.25) is 0 Å². The van der Waals surface area contributed by atoms with E-state index in [0.717, 1.165) is 18.5 Å². The van der Waals surface area contributed by atoms with Crippen LogP contribution in [0.5, 0.6) is 0 Å². The average Bonchev–Trinajstić information content (AvgIpc) is 2.39. The first kappa shape index (κ1) is 12.6. The number of hydrogen-bond donors (Lipinski definition) is 1. The summed E-state index contributed by atoms with van der Waals surface area (Å²) in [4.78, 5) is 0. The van der Waals surface area contributed by atoms with Gasteiger partial charge in [-0.15, -0.1) is 0 Å². The van der Waals surface area contributed by atoms with Crippen LogP contribution in [0.1, 0.15) is 18.9 Å². The van der Waals surface area contributed by atoms with Gasteiger partial charge in [-0.2, -0.15) is 0 Å². The fraction of sp³-hybridized carbons (Fsp3) is 0.250. The lowest BCUT2D eigenvalue weighted by Crippen LogP contribution is -2.21. The van der Waals surface area contributed by atoms with Crippen LogP contribution in [0.3, 0.4) is 0 Å². The Labute approximate surface area is 108 Å². The van der Waals surface area contributed by atoms with E-state index in [-0.39, 0.29) is 5.82 Å². The molecule has 94 valence electrons. The van der Waals surface area contributed by atoms with E-state index >= 15 is 0 Å². The maximum absolute atomic E-state index is 13.1. The molecule has 0 radical (unpaired) electrons. The maximum Gasteiger partial charge on any atom is 0.125 e. The minimum Gasteiger partial charge on any atom is -0.382 e. The van der Waals surface area contributed by atoms with Crippen LogP contribution in [0, 0.1) is 5.82 Å². The van der Waals surface area contributed by atoms with Crippen LogP contribution in [0.2, 0.25) is 0 Å². The largest absolute Gasteiger partial charge is 0.382 e. The molecule has 0 aliphatic carbocycles. The summed E-state index contributed by atoms with van der Waals surface area (Å²) in [6.45, 7) is 2.14. The van der Waals surface area contributed by atoms with Crippen LogP contribution in [0.15, 0.2) is 54.6 Å². The first-order valence-corrected chi connectivity index (χ1v) is 6.34. The molecule has 0 saturated carbocycles. The molecule has 1 N–H and O–H groups in total. The summed E-state index contributed by atoms with van der Waals surface area (Å²) in [5.41, 5.74) is 2.14. The summed E-state index contributed by atoms with van der Waals surface area (Å²) in [6.07, 6.45) is 1.96. The normalized spacial score (nSPS) is 12.1. The smallest absolute Gasteiger partial charge is 0.125 e. The predicted molar refractivity (Wildman–Crippen MR) is 74.2 cm³/mol. The third kappa shape index (κ3) is 3.59. The van der Waals surface area contributed by atoms with Gasteiger partial charge in [0.2, 0.25) is 0 Å². The maximum atomic E-state index is 13.1. The summed E-state index contributed by atoms with van der Waals surface area (Å²) in [7, 11) is 0. The number of anilines is 1. The van der Waals surface area contributed by atoms with Gasteiger partial charge in [-0.25, -0.2) is 4.39 Å². The van der Waals surface area contributed by atoms with Crippen molar-refractivity contribution in [1.29, 1.82) is 0 Å². The Bertz CT molecular complexity index is 481. The van der Waals surface area contributed by atoms with E-state index in [0.29, 0.717) is 6.04 Å². The molecule has 0 spiro atoms. The molecule has 0 heterocycles. The lowest BCUT2D eigenvalue weighted by molar-refractivity contribution is 0.626. The van der Waals surface area contributed by atoms with Gasteiger partial charge in [0, 0.05) is 11.7 Å². The van der Waals surface area contributed by atoms with Gasteiger partial charge in [0.05, 0.1) is 0 Å². The van der Waals surface area contributed by atoms with Crippen molar-refractivity contribution < 1.29 is 4.39 Å². The Balaban J connectivity index is 2.01. The van der Waals surface area contributed by atoms with Crippen molar-refractivity contribution >= 4 is 5.69 Å². The van der Waals surface area contributed by atoms with Gasteiger partial charge >= 0.3 is 0 Å². The molecule has 0 fully saturated rings. The lowest BCUT2D eigenvalue weighted by atomic mass is 10.0. The summed E-state index contributed by atoms with van der Waals surface area (Å²) < 4.78 is 13.1. The SMILES string of the molecule is CCC(Cc1ccccc1)Nc1cccc(F)c1. The van der Waals surface area contributed by atoms with Gasteiger partial charge in [-0.05, 0) is 36.6 Å². The molecule has 1 atom stereocenters. The van der Waals surface area contributed by atoms with Crippen molar-refractivity contribution in [3.8, 4) is 0 Å². The second-order valence-electron chi connectivity index (χ2n) is 4.45. The molecule has 2 aromatic carbocycles. The zero-order valence-corrected chi connectivity index (χ0v) is 10.6. The van der Waals surface area contributed by atoms with E-state index in [1.165, 1.54) is 17.7 Å². The molecule has 18 heavy (non-hydrogen) atoms. The van der Waals surface area contributed by atoms with Crippen LogP contribution in [0.25, 0.3) is 0 Å². The van der Waals surface area contributed by atoms with E-state index in [2.05, 4.69) is 24.4 Å². The fourth-order valence-electron chi connectivity index (χ4n) is 2.01. The molecule has 0 aromatic heterocycles. The Morgan fingerprint density at radius 3 is 2.50 bits per heavy atom. The van der Waals surface area contributed by atoms with Gasteiger partial charge in [0.25, 0.3) is 0 Å². The van der Waals surface area contributed by atoms with Crippen LogP contribution in [-0.2, 0) is 6.42 Å². The Hall–Kier alpha value is -1.83. The second-order valence-corrected chi connectivity index (χ2v) is 4.45. The summed E-state index contributed by atoms with van der Waals surface area (Å²) in [5.74, 6) is -0.199. The molecule has 0 saturated heterocycles. The van der Waals surface area contributed by atoms with Crippen molar-refractivity contribution in [2.45, 2.75) is 25.8 Å². The predicted octanol–water partition coefficient (Wildman–Crippen LogP) is 4.26. The highest BCUT2D eigenvalue weighted by atomic mass is 19.1. The van der Waals surface area contributed by atoms with E-state index < -0.39 is 0 Å². The highest BCUT2D eigenvalue weighted by molar-refractivity contribution is 5.44. The minimum atomic E-state index is -0.199. The summed E-state index contributed by atoms with van der Waals surface area (Å²) >= 11 is 0. The van der Waals surface area contributed by atoms with Crippen LogP contribution in [0.4, 0.5) is 10.1 Å². The minimum absolute atomic E-state index is 0.199. The Morgan fingerprint density at radius 2 is 1.83 bits per heavy atom. The highest BCUT2D eigenvalue weighted by Gasteiger charge is 2.07. The van der Waals surface area contributed by atoms with Gasteiger partial charge in [-0.1, -0.05) is 43.3 Å². The first-order chi connectivity index (χ1) is 8.78. The third-order valence-corrected chi connectivity index (χ3v) is 3.01. The third-order valence-electron chi connectivity index (χ3n) is 3.01. The van der Waals surface area contributed by atoms with Gasteiger partial charge < -0.3 is 5.32 Å². The molecule has 0 bridgehead atoms. The molecule has 0 amide bonds. The first-order valence-electron chi connectivity index (χ1n) is 6.34. The monoisotopic (exact) mass is 243 g/mol. The molecule has 1 nitrogen and oxygen atoms in total. The molecule has 2 rings (SSSR count). The number of benzene rings is 2. The van der Waals surface area contributed by atoms with E-state index in [1.54, 1.807) is 6.07 Å².